The van der Waals surface area contributed by atoms with E-state index >= 15 is 0 Å². The highest BCUT2D eigenvalue weighted by molar-refractivity contribution is 5.80. The lowest BCUT2D eigenvalue weighted by atomic mass is 9.82. The monoisotopic (exact) mass is 292 g/mol. The van der Waals surface area contributed by atoms with Crippen molar-refractivity contribution in [2.75, 3.05) is 0 Å². The lowest BCUT2D eigenvalue weighted by Gasteiger charge is -2.31. The maximum Gasteiger partial charge on any atom is 0.128 e. The molecule has 2 aromatic rings. The van der Waals surface area contributed by atoms with Gasteiger partial charge in [0.15, 0.2) is 0 Å². The van der Waals surface area contributed by atoms with E-state index in [9.17, 15) is 0 Å². The van der Waals surface area contributed by atoms with Crippen molar-refractivity contribution in [3.05, 3.63) is 59.2 Å². The zero-order valence-electron chi connectivity index (χ0n) is 13.9. The van der Waals surface area contributed by atoms with E-state index in [0.717, 1.165) is 18.6 Å². The molecule has 0 bridgehead atoms. The number of benzene rings is 2. The zero-order chi connectivity index (χ0) is 15.7. The highest BCUT2D eigenvalue weighted by Gasteiger charge is 2.26. The fourth-order valence-electron chi connectivity index (χ4n) is 3.30. The van der Waals surface area contributed by atoms with Gasteiger partial charge in [0.1, 0.15) is 11.4 Å². The average molecular weight is 292 g/mol. The SMILES string of the molecule is CC.CC1(C)C=Cc2c(ccc3c2CCc2ccccc2-3)O1. The van der Waals surface area contributed by atoms with Crippen LogP contribution >= 0.6 is 0 Å². The highest BCUT2D eigenvalue weighted by Crippen LogP contribution is 2.41. The van der Waals surface area contributed by atoms with Crippen LogP contribution in [-0.4, -0.2) is 5.60 Å². The van der Waals surface area contributed by atoms with Gasteiger partial charge < -0.3 is 4.74 Å². The molecule has 2 aromatic carbocycles. The molecule has 0 N–H and O–H groups in total. The quantitative estimate of drug-likeness (QED) is 0.608. The van der Waals surface area contributed by atoms with E-state index in [0.29, 0.717) is 0 Å². The first-order chi connectivity index (χ1) is 10.6. The summed E-state index contributed by atoms with van der Waals surface area (Å²) < 4.78 is 6.09. The molecular weight excluding hydrogens is 268 g/mol. The molecule has 0 aromatic heterocycles. The molecule has 0 radical (unpaired) electrons. The number of ether oxygens (including phenoxy) is 1. The maximum atomic E-state index is 6.09. The minimum absolute atomic E-state index is 0.201. The van der Waals surface area contributed by atoms with Crippen molar-refractivity contribution in [3.63, 3.8) is 0 Å². The Morgan fingerprint density at radius 2 is 1.68 bits per heavy atom. The zero-order valence-corrected chi connectivity index (χ0v) is 13.9. The van der Waals surface area contributed by atoms with Crippen LogP contribution in [0.3, 0.4) is 0 Å². The molecule has 1 aliphatic heterocycles. The Morgan fingerprint density at radius 1 is 0.909 bits per heavy atom. The van der Waals surface area contributed by atoms with E-state index < -0.39 is 0 Å². The van der Waals surface area contributed by atoms with E-state index in [1.807, 2.05) is 13.8 Å². The Morgan fingerprint density at radius 3 is 2.50 bits per heavy atom. The molecule has 0 amide bonds. The standard InChI is InChI=1S/C19H18O.C2H6/c1-19(2)12-11-17-16-8-7-13-5-3-4-6-14(13)15(16)9-10-18(17)20-19;1-2/h3-6,9-12H,7-8H2,1-2H3;1-2H3. The molecule has 0 atom stereocenters. The lowest BCUT2D eigenvalue weighted by Crippen LogP contribution is -2.28. The molecule has 2 aliphatic rings. The molecular formula is C21H24O. The van der Waals surface area contributed by atoms with Crippen LogP contribution in [0.4, 0.5) is 0 Å². The summed E-state index contributed by atoms with van der Waals surface area (Å²) in [6.07, 6.45) is 6.63. The van der Waals surface area contributed by atoms with Gasteiger partial charge >= 0.3 is 0 Å². The molecule has 0 unspecified atom stereocenters. The summed E-state index contributed by atoms with van der Waals surface area (Å²) in [4.78, 5) is 0. The maximum absolute atomic E-state index is 6.09. The first-order valence-corrected chi connectivity index (χ1v) is 8.26. The molecule has 114 valence electrons. The molecule has 1 heterocycles. The largest absolute Gasteiger partial charge is 0.483 e. The van der Waals surface area contributed by atoms with Crippen LogP contribution in [0.1, 0.15) is 44.4 Å². The Hall–Kier alpha value is -2.02. The van der Waals surface area contributed by atoms with Crippen LogP contribution in [0.15, 0.2) is 42.5 Å². The summed E-state index contributed by atoms with van der Waals surface area (Å²) in [7, 11) is 0. The Kier molecular flexibility index (Phi) is 3.82. The third-order valence-corrected chi connectivity index (χ3v) is 4.29. The van der Waals surface area contributed by atoms with E-state index in [4.69, 9.17) is 4.74 Å². The predicted molar refractivity (Wildman–Crippen MR) is 94.4 cm³/mol. The molecule has 0 saturated heterocycles. The molecule has 0 spiro atoms. The van der Waals surface area contributed by atoms with Crippen LogP contribution in [0, 0.1) is 0 Å². The number of hydrogen-bond donors (Lipinski definition) is 0. The Balaban J connectivity index is 0.000000693. The lowest BCUT2D eigenvalue weighted by molar-refractivity contribution is 0.159. The van der Waals surface area contributed by atoms with Crippen molar-refractivity contribution in [2.24, 2.45) is 0 Å². The van der Waals surface area contributed by atoms with Crippen molar-refractivity contribution < 1.29 is 4.74 Å². The van der Waals surface area contributed by atoms with Gasteiger partial charge in [-0.3, -0.25) is 0 Å². The van der Waals surface area contributed by atoms with Crippen LogP contribution in [-0.2, 0) is 12.8 Å². The molecule has 22 heavy (non-hydrogen) atoms. The number of hydrogen-bond acceptors (Lipinski definition) is 1. The van der Waals surface area contributed by atoms with E-state index in [1.54, 1.807) is 0 Å². The smallest absolute Gasteiger partial charge is 0.128 e. The number of rotatable bonds is 0. The average Bonchev–Trinajstić information content (AvgIpc) is 2.55. The van der Waals surface area contributed by atoms with E-state index in [2.05, 4.69) is 62.4 Å². The second-order valence-electron chi connectivity index (χ2n) is 6.20. The van der Waals surface area contributed by atoms with Crippen molar-refractivity contribution in [1.82, 2.24) is 0 Å². The first kappa shape index (κ1) is 14.9. The van der Waals surface area contributed by atoms with E-state index in [1.165, 1.54) is 27.8 Å². The molecule has 1 nitrogen and oxygen atoms in total. The normalized spacial score (nSPS) is 16.4. The molecule has 4 rings (SSSR count). The summed E-state index contributed by atoms with van der Waals surface area (Å²) in [6, 6.07) is 13.1. The van der Waals surface area contributed by atoms with Gasteiger partial charge in [-0.2, -0.15) is 0 Å². The van der Waals surface area contributed by atoms with Crippen molar-refractivity contribution in [3.8, 4) is 16.9 Å². The van der Waals surface area contributed by atoms with Gasteiger partial charge in [-0.05, 0) is 61.1 Å². The Bertz CT molecular complexity index is 723. The van der Waals surface area contributed by atoms with Gasteiger partial charge in [-0.1, -0.05) is 50.3 Å². The van der Waals surface area contributed by atoms with Crippen LogP contribution < -0.4 is 4.74 Å². The van der Waals surface area contributed by atoms with Gasteiger partial charge in [-0.15, -0.1) is 0 Å². The molecule has 1 heteroatoms. The van der Waals surface area contributed by atoms with Crippen LogP contribution in [0.25, 0.3) is 17.2 Å². The molecule has 0 fully saturated rings. The van der Waals surface area contributed by atoms with Gasteiger partial charge in [0.25, 0.3) is 0 Å². The summed E-state index contributed by atoms with van der Waals surface area (Å²) in [5.41, 5.74) is 6.73. The van der Waals surface area contributed by atoms with Crippen LogP contribution in [0.2, 0.25) is 0 Å². The third kappa shape index (κ3) is 2.45. The van der Waals surface area contributed by atoms with E-state index in [-0.39, 0.29) is 5.60 Å². The van der Waals surface area contributed by atoms with Gasteiger partial charge in [-0.25, -0.2) is 0 Å². The third-order valence-electron chi connectivity index (χ3n) is 4.29. The fraction of sp³-hybridized carbons (Fsp3) is 0.333. The van der Waals surface area contributed by atoms with Crippen LogP contribution in [0.5, 0.6) is 5.75 Å². The molecule has 1 aliphatic carbocycles. The summed E-state index contributed by atoms with van der Waals surface area (Å²) in [5.74, 6) is 1.02. The Labute approximate surface area is 133 Å². The predicted octanol–water partition coefficient (Wildman–Crippen LogP) is 5.66. The second-order valence-corrected chi connectivity index (χ2v) is 6.20. The van der Waals surface area contributed by atoms with Gasteiger partial charge in [0.05, 0.1) is 0 Å². The number of aryl methyl sites for hydroxylation is 1. The minimum atomic E-state index is -0.201. The summed E-state index contributed by atoms with van der Waals surface area (Å²) in [6.45, 7) is 8.20. The summed E-state index contributed by atoms with van der Waals surface area (Å²) >= 11 is 0. The first-order valence-electron chi connectivity index (χ1n) is 8.26. The van der Waals surface area contributed by atoms with Crippen molar-refractivity contribution in [1.29, 1.82) is 0 Å². The highest BCUT2D eigenvalue weighted by atomic mass is 16.5. The number of fused-ring (bicyclic) bond motifs is 5. The fourth-order valence-corrected chi connectivity index (χ4v) is 3.30. The topological polar surface area (TPSA) is 9.23 Å². The van der Waals surface area contributed by atoms with Crippen molar-refractivity contribution >= 4 is 6.08 Å². The second kappa shape index (κ2) is 5.64. The van der Waals surface area contributed by atoms with Crippen molar-refractivity contribution in [2.45, 2.75) is 46.1 Å². The summed E-state index contributed by atoms with van der Waals surface area (Å²) in [5, 5.41) is 0. The minimum Gasteiger partial charge on any atom is -0.483 e. The molecule has 0 saturated carbocycles. The van der Waals surface area contributed by atoms with Gasteiger partial charge in [0.2, 0.25) is 0 Å². The van der Waals surface area contributed by atoms with Gasteiger partial charge in [0, 0.05) is 5.56 Å².